The maximum absolute atomic E-state index is 14.3. The van der Waals surface area contributed by atoms with Crippen molar-refractivity contribution in [2.75, 3.05) is 18.0 Å². The number of ether oxygens (including phenoxy) is 1. The Morgan fingerprint density at radius 2 is 2.29 bits per heavy atom. The van der Waals surface area contributed by atoms with E-state index in [9.17, 15) is 14.0 Å². The molecule has 1 N–H and O–H groups in total. The van der Waals surface area contributed by atoms with Gasteiger partial charge in [0.25, 0.3) is 0 Å². The molecule has 0 unspecified atom stereocenters. The third-order valence-corrected chi connectivity index (χ3v) is 3.49. The number of carbonyl (C=O) groups excluding carboxylic acids is 2. The summed E-state index contributed by atoms with van der Waals surface area (Å²) in [4.78, 5) is 28.1. The summed E-state index contributed by atoms with van der Waals surface area (Å²) in [6.07, 6.45) is -1.07. The van der Waals surface area contributed by atoms with Crippen molar-refractivity contribution in [3.63, 3.8) is 0 Å². The van der Waals surface area contributed by atoms with Crippen LogP contribution in [0.4, 0.5) is 14.9 Å². The number of hydrogen-bond acceptors (Lipinski definition) is 6. The lowest BCUT2D eigenvalue weighted by Crippen LogP contribution is -2.33. The molecule has 1 fully saturated rings. The standard InChI is InChI=1S/C15H15FN4O4/c1-8(21)17-6-11-7-20(15(22)23-11)10-3-4-12(13(16)5-10)14-18-9(2)24-19-14/h3-5,11H,6-7H2,1-2H3,(H,17,21)/t11-/m0/s1. The molecule has 3 rings (SSSR count). The summed E-state index contributed by atoms with van der Waals surface area (Å²) in [7, 11) is 0. The second-order valence-corrected chi connectivity index (χ2v) is 5.35. The highest BCUT2D eigenvalue weighted by Gasteiger charge is 2.32. The smallest absolute Gasteiger partial charge is 0.414 e. The third-order valence-electron chi connectivity index (χ3n) is 3.49. The summed E-state index contributed by atoms with van der Waals surface area (Å²) in [6.45, 7) is 3.42. The van der Waals surface area contributed by atoms with Crippen LogP contribution < -0.4 is 10.2 Å². The molecule has 1 saturated heterocycles. The minimum absolute atomic E-state index is 0.143. The van der Waals surface area contributed by atoms with Crippen LogP contribution in [-0.2, 0) is 9.53 Å². The SMILES string of the molecule is CC(=O)NC[C@H]1CN(c2ccc(-c3noc(C)n3)c(F)c2)C(=O)O1. The maximum atomic E-state index is 14.3. The highest BCUT2D eigenvalue weighted by atomic mass is 19.1. The van der Waals surface area contributed by atoms with Crippen LogP contribution >= 0.6 is 0 Å². The molecule has 1 aromatic heterocycles. The third kappa shape index (κ3) is 3.19. The van der Waals surface area contributed by atoms with Gasteiger partial charge < -0.3 is 14.6 Å². The van der Waals surface area contributed by atoms with Crippen molar-refractivity contribution in [2.45, 2.75) is 20.0 Å². The van der Waals surface area contributed by atoms with Gasteiger partial charge in [0.05, 0.1) is 24.3 Å². The van der Waals surface area contributed by atoms with Gasteiger partial charge in [0.15, 0.2) is 0 Å². The Morgan fingerprint density at radius 1 is 1.50 bits per heavy atom. The maximum Gasteiger partial charge on any atom is 0.414 e. The van der Waals surface area contributed by atoms with Crippen LogP contribution in [0.1, 0.15) is 12.8 Å². The zero-order valence-corrected chi connectivity index (χ0v) is 13.1. The van der Waals surface area contributed by atoms with Gasteiger partial charge in [0.1, 0.15) is 11.9 Å². The number of nitrogens with zero attached hydrogens (tertiary/aromatic N) is 3. The highest BCUT2D eigenvalue weighted by molar-refractivity contribution is 5.90. The Morgan fingerprint density at radius 3 is 2.92 bits per heavy atom. The summed E-state index contributed by atoms with van der Waals surface area (Å²) < 4.78 is 24.3. The summed E-state index contributed by atoms with van der Waals surface area (Å²) in [6, 6.07) is 4.26. The van der Waals surface area contributed by atoms with E-state index in [1.165, 1.54) is 24.0 Å². The van der Waals surface area contributed by atoms with Crippen molar-refractivity contribution in [1.82, 2.24) is 15.5 Å². The van der Waals surface area contributed by atoms with Gasteiger partial charge in [0.2, 0.25) is 17.6 Å². The molecule has 1 aliphatic rings. The van der Waals surface area contributed by atoms with E-state index in [1.807, 2.05) is 0 Å². The normalized spacial score (nSPS) is 17.0. The van der Waals surface area contributed by atoms with Gasteiger partial charge in [-0.05, 0) is 18.2 Å². The van der Waals surface area contributed by atoms with Gasteiger partial charge in [-0.1, -0.05) is 5.16 Å². The summed E-state index contributed by atoms with van der Waals surface area (Å²) in [5.41, 5.74) is 0.532. The van der Waals surface area contributed by atoms with Gasteiger partial charge in [-0.2, -0.15) is 4.98 Å². The van der Waals surface area contributed by atoms with E-state index in [-0.39, 0.29) is 30.4 Å². The number of carbonyl (C=O) groups is 2. The number of halogens is 1. The van der Waals surface area contributed by atoms with E-state index in [1.54, 1.807) is 13.0 Å². The zero-order valence-electron chi connectivity index (χ0n) is 13.1. The second kappa shape index (κ2) is 6.26. The fourth-order valence-electron chi connectivity index (χ4n) is 2.36. The number of rotatable bonds is 4. The van der Waals surface area contributed by atoms with Gasteiger partial charge in [-0.25, -0.2) is 9.18 Å². The largest absolute Gasteiger partial charge is 0.442 e. The second-order valence-electron chi connectivity index (χ2n) is 5.35. The fraction of sp³-hybridized carbons (Fsp3) is 0.333. The summed E-state index contributed by atoms with van der Waals surface area (Å²) >= 11 is 0. The molecular weight excluding hydrogens is 319 g/mol. The molecule has 1 aromatic carbocycles. The van der Waals surface area contributed by atoms with Crippen LogP contribution in [0, 0.1) is 12.7 Å². The van der Waals surface area contributed by atoms with E-state index < -0.39 is 18.0 Å². The van der Waals surface area contributed by atoms with Gasteiger partial charge in [-0.15, -0.1) is 0 Å². The Balaban J connectivity index is 1.77. The molecule has 0 spiro atoms. The quantitative estimate of drug-likeness (QED) is 0.913. The molecule has 0 aliphatic carbocycles. The molecule has 1 aliphatic heterocycles. The minimum atomic E-state index is -0.590. The molecule has 24 heavy (non-hydrogen) atoms. The van der Waals surface area contributed by atoms with Gasteiger partial charge in [0, 0.05) is 13.8 Å². The monoisotopic (exact) mass is 334 g/mol. The summed E-state index contributed by atoms with van der Waals surface area (Å²) in [5, 5.41) is 6.25. The van der Waals surface area contributed by atoms with E-state index in [2.05, 4.69) is 15.5 Å². The molecule has 2 aromatic rings. The van der Waals surface area contributed by atoms with Crippen molar-refractivity contribution in [3.05, 3.63) is 29.9 Å². The van der Waals surface area contributed by atoms with Crippen molar-refractivity contribution in [2.24, 2.45) is 0 Å². The predicted octanol–water partition coefficient (Wildman–Crippen LogP) is 1.65. The van der Waals surface area contributed by atoms with E-state index >= 15 is 0 Å². The molecule has 8 nitrogen and oxygen atoms in total. The van der Waals surface area contributed by atoms with Gasteiger partial charge >= 0.3 is 6.09 Å². The number of hydrogen-bond donors (Lipinski definition) is 1. The van der Waals surface area contributed by atoms with Crippen LogP contribution in [0.25, 0.3) is 11.4 Å². The van der Waals surface area contributed by atoms with E-state index in [0.717, 1.165) is 0 Å². The lowest BCUT2D eigenvalue weighted by molar-refractivity contribution is -0.119. The Kier molecular flexibility index (Phi) is 4.15. The van der Waals surface area contributed by atoms with Crippen molar-refractivity contribution >= 4 is 17.7 Å². The van der Waals surface area contributed by atoms with Crippen molar-refractivity contribution in [1.29, 1.82) is 0 Å². The molecule has 0 bridgehead atoms. The molecule has 0 saturated carbocycles. The minimum Gasteiger partial charge on any atom is -0.442 e. The van der Waals surface area contributed by atoms with Crippen LogP contribution in [0.2, 0.25) is 0 Å². The predicted molar refractivity (Wildman–Crippen MR) is 80.7 cm³/mol. The van der Waals surface area contributed by atoms with E-state index in [4.69, 9.17) is 9.26 Å². The molecule has 1 atom stereocenters. The molecule has 2 heterocycles. The molecule has 126 valence electrons. The first-order chi connectivity index (χ1) is 11.4. The molecule has 0 radical (unpaired) electrons. The Labute approximate surface area is 136 Å². The topological polar surface area (TPSA) is 97.6 Å². The molecule has 9 heteroatoms. The average Bonchev–Trinajstić information content (AvgIpc) is 3.11. The van der Waals surface area contributed by atoms with E-state index in [0.29, 0.717) is 11.6 Å². The van der Waals surface area contributed by atoms with Crippen LogP contribution in [0.5, 0.6) is 0 Å². The number of anilines is 1. The first-order valence-electron chi connectivity index (χ1n) is 7.27. The molecule has 2 amide bonds. The number of benzene rings is 1. The molecular formula is C15H15FN4O4. The fourth-order valence-corrected chi connectivity index (χ4v) is 2.36. The van der Waals surface area contributed by atoms with Crippen LogP contribution in [0.3, 0.4) is 0 Å². The number of nitrogens with one attached hydrogen (secondary N) is 1. The van der Waals surface area contributed by atoms with Crippen LogP contribution in [-0.4, -0.2) is 41.3 Å². The van der Waals surface area contributed by atoms with Crippen molar-refractivity contribution < 1.29 is 23.2 Å². The van der Waals surface area contributed by atoms with Crippen molar-refractivity contribution in [3.8, 4) is 11.4 Å². The lowest BCUT2D eigenvalue weighted by Gasteiger charge is -2.13. The number of aryl methyl sites for hydroxylation is 1. The van der Waals surface area contributed by atoms with Crippen LogP contribution in [0.15, 0.2) is 22.7 Å². The number of aromatic nitrogens is 2. The summed E-state index contributed by atoms with van der Waals surface area (Å²) in [5.74, 6) is -0.316. The average molecular weight is 334 g/mol. The number of amides is 2. The Hall–Kier alpha value is -2.97. The first kappa shape index (κ1) is 15.9. The number of cyclic esters (lactones) is 1. The highest BCUT2D eigenvalue weighted by Crippen LogP contribution is 2.27. The zero-order chi connectivity index (χ0) is 17.3. The lowest BCUT2D eigenvalue weighted by atomic mass is 10.1. The first-order valence-corrected chi connectivity index (χ1v) is 7.27. The van der Waals surface area contributed by atoms with Gasteiger partial charge in [-0.3, -0.25) is 9.69 Å². The Bertz CT molecular complexity index is 792.